The number of nitrogens with zero attached hydrogens (tertiary/aromatic N) is 2. The summed E-state index contributed by atoms with van der Waals surface area (Å²) >= 11 is 1.43. The molecule has 17 heavy (non-hydrogen) atoms. The maximum Gasteiger partial charge on any atom is 0.265 e. The second-order valence-corrected chi connectivity index (χ2v) is 5.94. The monoisotopic (exact) mass is 254 g/mol. The zero-order valence-corrected chi connectivity index (χ0v) is 11.3. The highest BCUT2D eigenvalue weighted by atomic mass is 32.1. The summed E-state index contributed by atoms with van der Waals surface area (Å²) in [6, 6.07) is 0. The van der Waals surface area contributed by atoms with Crippen LogP contribution in [0.5, 0.6) is 0 Å². The zero-order chi connectivity index (χ0) is 12.6. The maximum absolute atomic E-state index is 12.3. The van der Waals surface area contributed by atoms with Crippen molar-refractivity contribution in [3.63, 3.8) is 0 Å². The highest BCUT2D eigenvalue weighted by Crippen LogP contribution is 2.23. The molecular formula is C12H18N2O2S. The lowest BCUT2D eigenvalue weighted by Gasteiger charge is -2.34. The Morgan fingerprint density at radius 1 is 1.53 bits per heavy atom. The van der Waals surface area contributed by atoms with Crippen LogP contribution in [-0.4, -0.2) is 40.1 Å². The molecule has 2 atom stereocenters. The minimum atomic E-state index is -0.401. The van der Waals surface area contributed by atoms with Crippen molar-refractivity contribution < 1.29 is 9.90 Å². The molecule has 1 saturated heterocycles. The summed E-state index contributed by atoms with van der Waals surface area (Å²) in [4.78, 5) is 19.0. The molecule has 1 amide bonds. The Labute approximate surface area is 105 Å². The fourth-order valence-electron chi connectivity index (χ4n) is 2.11. The van der Waals surface area contributed by atoms with Gasteiger partial charge in [-0.25, -0.2) is 4.98 Å². The first-order valence-electron chi connectivity index (χ1n) is 5.90. The fourth-order valence-corrected chi connectivity index (χ4v) is 2.99. The lowest BCUT2D eigenvalue weighted by atomic mass is 9.96. The summed E-state index contributed by atoms with van der Waals surface area (Å²) < 4.78 is 0. The predicted octanol–water partition coefficient (Wildman–Crippen LogP) is 1.60. The Morgan fingerprint density at radius 3 is 2.76 bits per heavy atom. The number of thiazole rings is 1. The van der Waals surface area contributed by atoms with Crippen LogP contribution in [0.1, 0.15) is 33.7 Å². The third-order valence-electron chi connectivity index (χ3n) is 3.30. The van der Waals surface area contributed by atoms with Gasteiger partial charge in [-0.15, -0.1) is 11.3 Å². The van der Waals surface area contributed by atoms with Gasteiger partial charge in [-0.1, -0.05) is 6.92 Å². The Balaban J connectivity index is 2.13. The van der Waals surface area contributed by atoms with E-state index in [1.54, 1.807) is 4.90 Å². The number of hydrogen-bond donors (Lipinski definition) is 1. The van der Waals surface area contributed by atoms with Crippen molar-refractivity contribution >= 4 is 17.2 Å². The van der Waals surface area contributed by atoms with Crippen molar-refractivity contribution in [1.29, 1.82) is 0 Å². The van der Waals surface area contributed by atoms with E-state index in [1.165, 1.54) is 11.3 Å². The van der Waals surface area contributed by atoms with Crippen LogP contribution in [0.25, 0.3) is 0 Å². The van der Waals surface area contributed by atoms with Gasteiger partial charge >= 0.3 is 0 Å². The van der Waals surface area contributed by atoms with E-state index in [-0.39, 0.29) is 11.8 Å². The van der Waals surface area contributed by atoms with Crippen molar-refractivity contribution in [2.45, 2.75) is 33.3 Å². The van der Waals surface area contributed by atoms with E-state index in [4.69, 9.17) is 0 Å². The van der Waals surface area contributed by atoms with Gasteiger partial charge in [0.2, 0.25) is 0 Å². The van der Waals surface area contributed by atoms with Crippen molar-refractivity contribution in [2.75, 3.05) is 13.1 Å². The molecule has 2 unspecified atom stereocenters. The first-order chi connectivity index (χ1) is 7.99. The molecule has 2 rings (SSSR count). The Hall–Kier alpha value is -0.940. The molecule has 2 heterocycles. The predicted molar refractivity (Wildman–Crippen MR) is 67.3 cm³/mol. The molecule has 0 aromatic carbocycles. The van der Waals surface area contributed by atoms with E-state index in [2.05, 4.69) is 4.98 Å². The van der Waals surface area contributed by atoms with Gasteiger partial charge in [0.1, 0.15) is 4.88 Å². The van der Waals surface area contributed by atoms with Gasteiger partial charge in [0, 0.05) is 13.1 Å². The molecule has 0 radical (unpaired) electrons. The molecule has 5 heteroatoms. The van der Waals surface area contributed by atoms with Crippen molar-refractivity contribution in [1.82, 2.24) is 9.88 Å². The van der Waals surface area contributed by atoms with Crippen LogP contribution in [0.2, 0.25) is 0 Å². The Morgan fingerprint density at radius 2 is 2.24 bits per heavy atom. The number of carbonyl (C=O) groups is 1. The van der Waals surface area contributed by atoms with Crippen LogP contribution >= 0.6 is 11.3 Å². The van der Waals surface area contributed by atoms with Crippen molar-refractivity contribution in [3.05, 3.63) is 15.6 Å². The number of likely N-dealkylation sites (tertiary alicyclic amines) is 1. The summed E-state index contributed by atoms with van der Waals surface area (Å²) in [6.07, 6.45) is 0.464. The van der Waals surface area contributed by atoms with Gasteiger partial charge in [0.15, 0.2) is 0 Å². The second-order valence-electron chi connectivity index (χ2n) is 4.73. The summed E-state index contributed by atoms with van der Waals surface area (Å²) in [6.45, 7) is 6.96. The normalized spacial score (nSPS) is 25.1. The maximum atomic E-state index is 12.3. The number of hydrogen-bond acceptors (Lipinski definition) is 4. The molecular weight excluding hydrogens is 236 g/mol. The third-order valence-corrected chi connectivity index (χ3v) is 4.36. The summed E-state index contributed by atoms with van der Waals surface area (Å²) in [7, 11) is 0. The van der Waals surface area contributed by atoms with E-state index >= 15 is 0 Å². The second kappa shape index (κ2) is 4.74. The number of aromatic nitrogens is 1. The quantitative estimate of drug-likeness (QED) is 0.828. The Kier molecular flexibility index (Phi) is 3.49. The first kappa shape index (κ1) is 12.5. The molecule has 0 saturated carbocycles. The summed E-state index contributed by atoms with van der Waals surface area (Å²) in [5.74, 6) is 0.294. The van der Waals surface area contributed by atoms with Crippen LogP contribution in [-0.2, 0) is 0 Å². The minimum absolute atomic E-state index is 0.0130. The van der Waals surface area contributed by atoms with Crippen LogP contribution in [0.15, 0.2) is 0 Å². The number of aryl methyl sites for hydroxylation is 2. The minimum Gasteiger partial charge on any atom is -0.391 e. The average Bonchev–Trinajstić information content (AvgIpc) is 2.61. The number of amides is 1. The Bertz CT molecular complexity index is 430. The van der Waals surface area contributed by atoms with Gasteiger partial charge in [0.25, 0.3) is 5.91 Å². The summed E-state index contributed by atoms with van der Waals surface area (Å²) in [5.41, 5.74) is 0.797. The van der Waals surface area contributed by atoms with Gasteiger partial charge in [0.05, 0.1) is 16.8 Å². The van der Waals surface area contributed by atoms with Gasteiger partial charge in [-0.05, 0) is 26.2 Å². The zero-order valence-electron chi connectivity index (χ0n) is 10.4. The highest BCUT2D eigenvalue weighted by molar-refractivity contribution is 7.13. The molecule has 0 aliphatic carbocycles. The first-order valence-corrected chi connectivity index (χ1v) is 6.72. The molecule has 1 aliphatic heterocycles. The van der Waals surface area contributed by atoms with E-state index < -0.39 is 6.10 Å². The van der Waals surface area contributed by atoms with Crippen LogP contribution in [0.4, 0.5) is 0 Å². The number of rotatable bonds is 1. The van der Waals surface area contributed by atoms with Gasteiger partial charge in [-0.2, -0.15) is 0 Å². The molecule has 1 N–H and O–H groups in total. The number of β-amino-alcohol motifs (C(OH)–C–C–N with tert-alkyl or cyclic N) is 1. The molecule has 0 bridgehead atoms. The molecule has 0 spiro atoms. The SMILES string of the molecule is Cc1nc(C)c(C(=O)N2CCC(C)C(O)C2)s1. The number of piperidine rings is 1. The molecule has 1 aliphatic rings. The van der Waals surface area contributed by atoms with Gasteiger partial charge < -0.3 is 10.0 Å². The molecule has 4 nitrogen and oxygen atoms in total. The average molecular weight is 254 g/mol. The van der Waals surface area contributed by atoms with E-state index in [0.717, 1.165) is 23.7 Å². The molecule has 94 valence electrons. The van der Waals surface area contributed by atoms with Crippen LogP contribution < -0.4 is 0 Å². The van der Waals surface area contributed by atoms with Crippen LogP contribution in [0.3, 0.4) is 0 Å². The van der Waals surface area contributed by atoms with E-state index in [1.807, 2.05) is 20.8 Å². The van der Waals surface area contributed by atoms with Crippen LogP contribution in [0, 0.1) is 19.8 Å². The number of aliphatic hydroxyl groups excluding tert-OH is 1. The number of aliphatic hydroxyl groups is 1. The number of carbonyl (C=O) groups excluding carboxylic acids is 1. The highest BCUT2D eigenvalue weighted by Gasteiger charge is 2.29. The largest absolute Gasteiger partial charge is 0.391 e. The molecule has 1 aromatic rings. The van der Waals surface area contributed by atoms with Crippen molar-refractivity contribution in [2.24, 2.45) is 5.92 Å². The molecule has 1 fully saturated rings. The smallest absolute Gasteiger partial charge is 0.265 e. The fraction of sp³-hybridized carbons (Fsp3) is 0.667. The topological polar surface area (TPSA) is 53.4 Å². The van der Waals surface area contributed by atoms with Gasteiger partial charge in [-0.3, -0.25) is 4.79 Å². The van der Waals surface area contributed by atoms with Crippen molar-refractivity contribution in [3.8, 4) is 0 Å². The van der Waals surface area contributed by atoms with E-state index in [9.17, 15) is 9.90 Å². The third kappa shape index (κ3) is 2.50. The summed E-state index contributed by atoms with van der Waals surface area (Å²) in [5, 5.41) is 10.7. The molecule has 1 aromatic heterocycles. The standard InChI is InChI=1S/C12H18N2O2S/c1-7-4-5-14(6-10(7)15)12(16)11-8(2)13-9(3)17-11/h7,10,15H,4-6H2,1-3H3. The lowest BCUT2D eigenvalue weighted by molar-refractivity contribution is 0.0251. The lowest BCUT2D eigenvalue weighted by Crippen LogP contribution is -2.45. The van der Waals surface area contributed by atoms with E-state index in [0.29, 0.717) is 11.4 Å².